The van der Waals surface area contributed by atoms with Gasteiger partial charge in [0.1, 0.15) is 17.1 Å². The van der Waals surface area contributed by atoms with E-state index in [9.17, 15) is 27.6 Å². The summed E-state index contributed by atoms with van der Waals surface area (Å²) < 4.78 is 46.7. The van der Waals surface area contributed by atoms with Crippen molar-refractivity contribution in [3.05, 3.63) is 81.2 Å². The normalized spacial score (nSPS) is 15.6. The van der Waals surface area contributed by atoms with E-state index in [0.717, 1.165) is 6.07 Å². The lowest BCUT2D eigenvalue weighted by Gasteiger charge is -2.39. The fourth-order valence-corrected chi connectivity index (χ4v) is 5.03. The number of likely N-dealkylation sites (N-methyl/N-ethyl adjacent to an activating group) is 1. The van der Waals surface area contributed by atoms with E-state index in [0.29, 0.717) is 22.2 Å². The fraction of sp³-hybridized carbons (Fsp3) is 0.321. The van der Waals surface area contributed by atoms with Crippen LogP contribution in [0.15, 0.2) is 47.3 Å². The molecule has 0 bridgehead atoms. The van der Waals surface area contributed by atoms with Crippen molar-refractivity contribution < 1.29 is 27.5 Å². The highest BCUT2D eigenvalue weighted by molar-refractivity contribution is 5.99. The summed E-state index contributed by atoms with van der Waals surface area (Å²) in [6.45, 7) is 5.21. The zero-order chi connectivity index (χ0) is 28.2. The van der Waals surface area contributed by atoms with Crippen LogP contribution in [0.1, 0.15) is 60.5 Å². The third-order valence-electron chi connectivity index (χ3n) is 6.78. The Kier molecular flexibility index (Phi) is 6.40. The first-order valence-electron chi connectivity index (χ1n) is 12.3. The summed E-state index contributed by atoms with van der Waals surface area (Å²) in [6.07, 6.45) is -3.35. The van der Waals surface area contributed by atoms with Gasteiger partial charge in [0.05, 0.1) is 18.0 Å². The molecular weight excluding hydrogens is 513 g/mol. The van der Waals surface area contributed by atoms with Crippen molar-refractivity contribution >= 4 is 33.7 Å². The number of alkyl halides is 2. The maximum atomic E-state index is 14.0. The van der Waals surface area contributed by atoms with E-state index in [1.807, 2.05) is 0 Å². The Balaban J connectivity index is 1.61. The number of H-pyrrole nitrogens is 2. The number of hydrogen-bond donors (Lipinski definition) is 2. The van der Waals surface area contributed by atoms with Crippen LogP contribution in [0.4, 0.5) is 18.0 Å². The van der Waals surface area contributed by atoms with E-state index in [1.54, 1.807) is 26.8 Å². The summed E-state index contributed by atoms with van der Waals surface area (Å²) in [5, 5.41) is 0.784. The number of amides is 2. The quantitative estimate of drug-likeness (QED) is 0.351. The Morgan fingerprint density at radius 3 is 2.51 bits per heavy atom. The highest BCUT2D eigenvalue weighted by atomic mass is 19.3. The van der Waals surface area contributed by atoms with Crippen LogP contribution >= 0.6 is 0 Å². The largest absolute Gasteiger partial charge is 0.444 e. The third kappa shape index (κ3) is 4.84. The van der Waals surface area contributed by atoms with Gasteiger partial charge >= 0.3 is 6.09 Å². The molecule has 8 nitrogen and oxygen atoms in total. The molecule has 204 valence electrons. The number of rotatable bonds is 3. The molecule has 0 aliphatic carbocycles. The minimum absolute atomic E-state index is 0.00939. The Bertz CT molecular complexity index is 1670. The lowest BCUT2D eigenvalue weighted by atomic mass is 9.93. The van der Waals surface area contributed by atoms with E-state index < -0.39 is 41.4 Å². The fourth-order valence-electron chi connectivity index (χ4n) is 5.03. The Morgan fingerprint density at radius 2 is 1.82 bits per heavy atom. The zero-order valence-electron chi connectivity index (χ0n) is 21.8. The zero-order valence-corrected chi connectivity index (χ0v) is 21.8. The maximum Gasteiger partial charge on any atom is 0.410 e. The minimum Gasteiger partial charge on any atom is -0.444 e. The Labute approximate surface area is 221 Å². The SMILES string of the molecule is CN(C(=O)c1cc2c(C(F)F)cccc2[nH]1)C1CN(C(=O)OC(C)(C)C)Cc2[nH]c(=O)c3cc(F)ccc3c21. The number of carbonyl (C=O) groups is 2. The number of nitrogens with zero attached hydrogens (tertiary/aromatic N) is 2. The maximum absolute atomic E-state index is 14.0. The molecule has 1 aliphatic heterocycles. The molecule has 4 aromatic rings. The van der Waals surface area contributed by atoms with Crippen molar-refractivity contribution in [3.8, 4) is 0 Å². The van der Waals surface area contributed by atoms with Gasteiger partial charge in [-0.25, -0.2) is 18.0 Å². The predicted molar refractivity (Wildman–Crippen MR) is 139 cm³/mol. The molecule has 0 spiro atoms. The number of hydrogen-bond acceptors (Lipinski definition) is 4. The Morgan fingerprint density at radius 1 is 1.08 bits per heavy atom. The molecule has 1 aliphatic rings. The van der Waals surface area contributed by atoms with Gasteiger partial charge < -0.3 is 19.6 Å². The highest BCUT2D eigenvalue weighted by Gasteiger charge is 2.37. The monoisotopic (exact) mass is 540 g/mol. The van der Waals surface area contributed by atoms with E-state index in [4.69, 9.17) is 4.74 Å². The number of aromatic amines is 2. The first-order chi connectivity index (χ1) is 18.3. The van der Waals surface area contributed by atoms with Gasteiger partial charge in [0.15, 0.2) is 0 Å². The number of fused-ring (bicyclic) bond motifs is 4. The smallest absolute Gasteiger partial charge is 0.410 e. The summed E-state index contributed by atoms with van der Waals surface area (Å²) in [5.74, 6) is -1.11. The van der Waals surface area contributed by atoms with Crippen LogP contribution in [0.2, 0.25) is 0 Å². The average molecular weight is 541 g/mol. The molecule has 5 rings (SSSR count). The summed E-state index contributed by atoms with van der Waals surface area (Å²) in [6, 6.07) is 8.81. The van der Waals surface area contributed by atoms with Crippen molar-refractivity contribution in [3.63, 3.8) is 0 Å². The van der Waals surface area contributed by atoms with Crippen LogP contribution in [-0.2, 0) is 11.3 Å². The molecule has 11 heteroatoms. The van der Waals surface area contributed by atoms with Crippen LogP contribution in [0.25, 0.3) is 21.7 Å². The minimum atomic E-state index is -2.72. The van der Waals surface area contributed by atoms with Crippen molar-refractivity contribution in [2.75, 3.05) is 13.6 Å². The second kappa shape index (κ2) is 9.48. The van der Waals surface area contributed by atoms with E-state index in [2.05, 4.69) is 9.97 Å². The lowest BCUT2D eigenvalue weighted by molar-refractivity contribution is 0.0142. The second-order valence-electron chi connectivity index (χ2n) is 10.6. The molecule has 1 atom stereocenters. The third-order valence-corrected chi connectivity index (χ3v) is 6.78. The van der Waals surface area contributed by atoms with Crippen LogP contribution in [-0.4, -0.2) is 51.0 Å². The number of pyridine rings is 1. The number of aromatic nitrogens is 2. The molecule has 2 N–H and O–H groups in total. The van der Waals surface area contributed by atoms with Gasteiger partial charge in [-0.15, -0.1) is 0 Å². The second-order valence-corrected chi connectivity index (χ2v) is 10.6. The van der Waals surface area contributed by atoms with E-state index in [-0.39, 0.29) is 35.1 Å². The van der Waals surface area contributed by atoms with Gasteiger partial charge in [-0.3, -0.25) is 14.5 Å². The molecule has 39 heavy (non-hydrogen) atoms. The summed E-state index contributed by atoms with van der Waals surface area (Å²) in [7, 11) is 1.52. The van der Waals surface area contributed by atoms with Crippen molar-refractivity contribution in [1.29, 1.82) is 0 Å². The number of ether oxygens (including phenoxy) is 1. The number of carbonyl (C=O) groups excluding carboxylic acids is 2. The molecular formula is C28H27F3N4O4. The molecule has 0 saturated carbocycles. The summed E-state index contributed by atoms with van der Waals surface area (Å²) in [5.41, 5.74) is -0.102. The molecule has 0 radical (unpaired) electrons. The molecule has 3 heterocycles. The van der Waals surface area contributed by atoms with Crippen molar-refractivity contribution in [1.82, 2.24) is 19.8 Å². The first kappa shape index (κ1) is 26.3. The van der Waals surface area contributed by atoms with E-state index >= 15 is 0 Å². The van der Waals surface area contributed by atoms with Crippen LogP contribution in [0.3, 0.4) is 0 Å². The van der Waals surface area contributed by atoms with Crippen LogP contribution in [0.5, 0.6) is 0 Å². The lowest BCUT2D eigenvalue weighted by Crippen LogP contribution is -2.47. The molecule has 0 fully saturated rings. The number of halogens is 3. The topological polar surface area (TPSA) is 98.5 Å². The number of benzene rings is 2. The van der Waals surface area contributed by atoms with Gasteiger partial charge in [-0.1, -0.05) is 18.2 Å². The predicted octanol–water partition coefficient (Wildman–Crippen LogP) is 5.65. The number of nitrogens with one attached hydrogen (secondary N) is 2. The molecule has 1 unspecified atom stereocenters. The van der Waals surface area contributed by atoms with Gasteiger partial charge in [0.25, 0.3) is 17.9 Å². The van der Waals surface area contributed by atoms with Crippen molar-refractivity contribution in [2.24, 2.45) is 0 Å². The van der Waals surface area contributed by atoms with Crippen LogP contribution in [0, 0.1) is 5.82 Å². The van der Waals surface area contributed by atoms with Crippen molar-refractivity contribution in [2.45, 2.75) is 45.4 Å². The Hall–Kier alpha value is -4.28. The summed E-state index contributed by atoms with van der Waals surface area (Å²) in [4.78, 5) is 48.0. The van der Waals surface area contributed by atoms with Gasteiger partial charge in [0.2, 0.25) is 0 Å². The molecule has 0 saturated heterocycles. The summed E-state index contributed by atoms with van der Waals surface area (Å²) >= 11 is 0. The van der Waals surface area contributed by atoms with E-state index in [1.165, 1.54) is 47.2 Å². The molecule has 2 aromatic carbocycles. The molecule has 2 aromatic heterocycles. The average Bonchev–Trinajstić information content (AvgIpc) is 3.30. The first-order valence-corrected chi connectivity index (χ1v) is 12.3. The standard InChI is InChI=1S/C28H27F3N4O4/c1-28(2,3)39-27(38)35-12-21-23(15-9-8-14(29)10-18(15)25(36)33-21)22(13-35)34(4)26(37)20-11-17-16(24(30)31)6-5-7-19(17)32-20/h5-11,22,24,32H,12-13H2,1-4H3,(H,33,36). The van der Waals surface area contributed by atoms with Gasteiger partial charge in [-0.05, 0) is 50.4 Å². The van der Waals surface area contributed by atoms with Crippen LogP contribution < -0.4 is 5.56 Å². The highest BCUT2D eigenvalue weighted by Crippen LogP contribution is 2.36. The van der Waals surface area contributed by atoms with Gasteiger partial charge in [0, 0.05) is 41.3 Å². The van der Waals surface area contributed by atoms with Gasteiger partial charge in [-0.2, -0.15) is 0 Å². The molecule has 2 amide bonds.